The lowest BCUT2D eigenvalue weighted by molar-refractivity contribution is 0.0537. The molecular weight excluding hydrogens is 634 g/mol. The monoisotopic (exact) mass is 683 g/mol. The molecule has 4 aliphatic rings. The normalized spacial score (nSPS) is 25.0. The minimum atomic E-state index is -0.327. The molecule has 1 saturated carbocycles. The summed E-state index contributed by atoms with van der Waals surface area (Å²) in [6.07, 6.45) is 5.56. The molecule has 1 aliphatic carbocycles. The van der Waals surface area contributed by atoms with Crippen molar-refractivity contribution >= 4 is 23.7 Å². The van der Waals surface area contributed by atoms with Crippen LogP contribution in [0, 0.1) is 23.7 Å². The minimum absolute atomic E-state index is 0.0588. The van der Waals surface area contributed by atoms with E-state index >= 15 is 0 Å². The highest BCUT2D eigenvalue weighted by Crippen LogP contribution is 2.40. The van der Waals surface area contributed by atoms with Crippen LogP contribution >= 0.6 is 0 Å². The molecule has 12 heteroatoms. The van der Waals surface area contributed by atoms with Crippen molar-refractivity contribution in [1.29, 1.82) is 0 Å². The first kappa shape index (κ1) is 34.0. The lowest BCUT2D eigenvalue weighted by atomic mass is 10.0. The standard InChI is InChI=1S/C38H49N7O5/c1-4-5-14-42-16-13-32(23-42)50-38(47)44-21-28-17-30(18-29(28)22-44)40-34-19-35(41-36-33(26(2)3)20-39-45(34)36)49-31-12-9-15-43(24-31)37(46)48-25-27-10-7-6-8-11-27/h6-8,10-11,19-20,26,28-32,40H,9,12-18,21-25H2,1-3H3/t28?,29?,30?,31-,32?/m1/s1. The lowest BCUT2D eigenvalue weighted by Crippen LogP contribution is -2.44. The predicted octanol–water partition coefficient (Wildman–Crippen LogP) is 5.39. The van der Waals surface area contributed by atoms with Crippen LogP contribution in [0.5, 0.6) is 5.88 Å². The summed E-state index contributed by atoms with van der Waals surface area (Å²) in [5.74, 6) is 8.49. The van der Waals surface area contributed by atoms with Crippen LogP contribution in [-0.2, 0) is 16.1 Å². The molecule has 7 rings (SSSR count). The quantitative estimate of drug-likeness (QED) is 0.297. The molecule has 3 unspecified atom stereocenters. The molecule has 4 atom stereocenters. The number of hydrogen-bond acceptors (Lipinski definition) is 9. The van der Waals surface area contributed by atoms with Gasteiger partial charge in [0, 0.05) is 50.4 Å². The number of piperidine rings is 1. The van der Waals surface area contributed by atoms with Gasteiger partial charge in [-0.1, -0.05) is 50.1 Å². The molecule has 3 aliphatic heterocycles. The van der Waals surface area contributed by atoms with Crippen molar-refractivity contribution in [2.75, 3.05) is 51.1 Å². The lowest BCUT2D eigenvalue weighted by Gasteiger charge is -2.32. The number of aromatic nitrogens is 3. The molecule has 1 aromatic carbocycles. The van der Waals surface area contributed by atoms with Gasteiger partial charge in [-0.2, -0.15) is 14.6 Å². The highest BCUT2D eigenvalue weighted by Gasteiger charge is 2.43. The third-order valence-electron chi connectivity index (χ3n) is 10.6. The van der Waals surface area contributed by atoms with Crippen LogP contribution < -0.4 is 10.1 Å². The Labute approximate surface area is 294 Å². The number of rotatable bonds is 9. The molecule has 1 N–H and O–H groups in total. The number of carbonyl (C=O) groups excluding carboxylic acids is 2. The zero-order chi connectivity index (χ0) is 34.6. The van der Waals surface area contributed by atoms with Gasteiger partial charge in [0.05, 0.1) is 19.3 Å². The van der Waals surface area contributed by atoms with Crippen molar-refractivity contribution in [3.63, 3.8) is 0 Å². The van der Waals surface area contributed by atoms with E-state index in [1.807, 2.05) is 58.9 Å². The molecule has 0 spiro atoms. The van der Waals surface area contributed by atoms with Crippen LogP contribution in [0.25, 0.3) is 5.65 Å². The van der Waals surface area contributed by atoms with Gasteiger partial charge in [-0.3, -0.25) is 4.90 Å². The highest BCUT2D eigenvalue weighted by atomic mass is 16.6. The third-order valence-corrected chi connectivity index (χ3v) is 10.6. The first-order valence-corrected chi connectivity index (χ1v) is 18.2. The van der Waals surface area contributed by atoms with Gasteiger partial charge in [0.15, 0.2) is 5.65 Å². The molecule has 266 valence electrons. The second-order valence-electron chi connectivity index (χ2n) is 14.5. The van der Waals surface area contributed by atoms with Gasteiger partial charge in [-0.25, -0.2) is 9.59 Å². The zero-order valence-electron chi connectivity index (χ0n) is 29.4. The summed E-state index contributed by atoms with van der Waals surface area (Å²) in [7, 11) is 0. The first-order chi connectivity index (χ1) is 24.3. The number of likely N-dealkylation sites (tertiary alicyclic amines) is 3. The Bertz CT molecular complexity index is 1700. The summed E-state index contributed by atoms with van der Waals surface area (Å²) in [6, 6.07) is 11.9. The van der Waals surface area contributed by atoms with E-state index < -0.39 is 0 Å². The van der Waals surface area contributed by atoms with Crippen LogP contribution in [-0.4, -0.2) is 106 Å². The van der Waals surface area contributed by atoms with E-state index in [2.05, 4.69) is 35.9 Å². The van der Waals surface area contributed by atoms with E-state index in [-0.39, 0.29) is 43.0 Å². The van der Waals surface area contributed by atoms with E-state index in [4.69, 9.17) is 24.3 Å². The minimum Gasteiger partial charge on any atom is -0.472 e. The molecular formula is C38H49N7O5. The maximum atomic E-state index is 13.1. The van der Waals surface area contributed by atoms with Crippen molar-refractivity contribution < 1.29 is 23.8 Å². The fourth-order valence-electron chi connectivity index (χ4n) is 7.93. The van der Waals surface area contributed by atoms with Gasteiger partial charge in [-0.05, 0) is 62.3 Å². The Morgan fingerprint density at radius 3 is 2.54 bits per heavy atom. The van der Waals surface area contributed by atoms with Gasteiger partial charge >= 0.3 is 12.2 Å². The second-order valence-corrected chi connectivity index (χ2v) is 14.5. The number of benzene rings is 1. The summed E-state index contributed by atoms with van der Waals surface area (Å²) in [6.45, 7) is 11.3. The van der Waals surface area contributed by atoms with E-state index in [0.29, 0.717) is 30.8 Å². The maximum absolute atomic E-state index is 13.1. The zero-order valence-corrected chi connectivity index (χ0v) is 29.4. The number of fused-ring (bicyclic) bond motifs is 2. The number of anilines is 1. The van der Waals surface area contributed by atoms with Crippen molar-refractivity contribution in [3.05, 3.63) is 53.7 Å². The average Bonchev–Trinajstić information content (AvgIpc) is 3.91. The van der Waals surface area contributed by atoms with Gasteiger partial charge in [0.1, 0.15) is 24.6 Å². The average molecular weight is 684 g/mol. The molecule has 4 fully saturated rings. The summed E-state index contributed by atoms with van der Waals surface area (Å²) in [5, 5.41) is 8.49. The summed E-state index contributed by atoms with van der Waals surface area (Å²) < 4.78 is 19.9. The van der Waals surface area contributed by atoms with Gasteiger partial charge in [0.25, 0.3) is 0 Å². The molecule has 2 amide bonds. The molecule has 0 bridgehead atoms. The summed E-state index contributed by atoms with van der Waals surface area (Å²) in [4.78, 5) is 36.8. The molecule has 3 aromatic rings. The van der Waals surface area contributed by atoms with E-state index in [9.17, 15) is 9.59 Å². The topological polar surface area (TPSA) is 114 Å². The van der Waals surface area contributed by atoms with Crippen molar-refractivity contribution in [2.24, 2.45) is 11.8 Å². The summed E-state index contributed by atoms with van der Waals surface area (Å²) >= 11 is 0. The van der Waals surface area contributed by atoms with E-state index in [0.717, 1.165) is 87.4 Å². The van der Waals surface area contributed by atoms with Gasteiger partial charge in [-0.15, -0.1) is 5.92 Å². The second kappa shape index (κ2) is 15.2. The maximum Gasteiger partial charge on any atom is 0.410 e. The fourth-order valence-corrected chi connectivity index (χ4v) is 7.93. The van der Waals surface area contributed by atoms with Crippen LogP contribution in [0.4, 0.5) is 15.4 Å². The Morgan fingerprint density at radius 2 is 1.78 bits per heavy atom. The largest absolute Gasteiger partial charge is 0.472 e. The van der Waals surface area contributed by atoms with Crippen LogP contribution in [0.1, 0.15) is 69.9 Å². The Balaban J connectivity index is 0.965. The number of nitrogens with zero attached hydrogens (tertiary/aromatic N) is 6. The van der Waals surface area contributed by atoms with E-state index in [1.54, 1.807) is 4.90 Å². The molecule has 2 aromatic heterocycles. The molecule has 3 saturated heterocycles. The van der Waals surface area contributed by atoms with Crippen molar-refractivity contribution in [3.8, 4) is 17.7 Å². The molecule has 12 nitrogen and oxygen atoms in total. The third kappa shape index (κ3) is 7.78. The fraction of sp³-hybridized carbons (Fsp3) is 0.579. The number of carbonyl (C=O) groups is 2. The highest BCUT2D eigenvalue weighted by molar-refractivity contribution is 5.68. The predicted molar refractivity (Wildman–Crippen MR) is 189 cm³/mol. The number of amides is 2. The number of nitrogens with one attached hydrogen (secondary N) is 1. The SMILES string of the molecule is CC#CCN1CCC(OC(=O)N2CC3CC(Nc4cc(O[C@@H]5CCCN(C(=O)OCc6ccccc6)C5)nc5c(C(C)C)cnn45)CC3C2)C1. The van der Waals surface area contributed by atoms with Crippen molar-refractivity contribution in [2.45, 2.75) is 83.6 Å². The molecule has 0 radical (unpaired) electrons. The van der Waals surface area contributed by atoms with Crippen molar-refractivity contribution in [1.82, 2.24) is 29.3 Å². The van der Waals surface area contributed by atoms with Gasteiger partial charge < -0.3 is 29.3 Å². The van der Waals surface area contributed by atoms with E-state index in [1.165, 1.54) is 0 Å². The van der Waals surface area contributed by atoms with Crippen LogP contribution in [0.15, 0.2) is 42.6 Å². The molecule has 50 heavy (non-hydrogen) atoms. The number of ether oxygens (including phenoxy) is 3. The van der Waals surface area contributed by atoms with Crippen LogP contribution in [0.3, 0.4) is 0 Å². The molecule has 5 heterocycles. The van der Waals surface area contributed by atoms with Gasteiger partial charge in [0.2, 0.25) is 5.88 Å². The summed E-state index contributed by atoms with van der Waals surface area (Å²) in [5.41, 5.74) is 2.78. The first-order valence-electron chi connectivity index (χ1n) is 18.2. The van der Waals surface area contributed by atoms with Crippen LogP contribution in [0.2, 0.25) is 0 Å². The Kier molecular flexibility index (Phi) is 10.3. The smallest absolute Gasteiger partial charge is 0.410 e. The Morgan fingerprint density at radius 1 is 0.980 bits per heavy atom. The Hall–Kier alpha value is -4.50. The number of hydrogen-bond donors (Lipinski definition) is 1.